The molecule has 4 N–H and O–H groups in total. The monoisotopic (exact) mass is 342 g/mol. The zero-order valence-corrected chi connectivity index (χ0v) is 13.3. The summed E-state index contributed by atoms with van der Waals surface area (Å²) in [6.45, 7) is 0.304. The number of rotatable bonds is 6. The van der Waals surface area contributed by atoms with Gasteiger partial charge in [0.15, 0.2) is 12.0 Å². The number of esters is 1. The molecule has 0 saturated carbocycles. The molecule has 11 heteroatoms. The fraction of sp³-hybridized carbons (Fsp3) is 0.700. The Morgan fingerprint density at radius 2 is 2.00 bits per heavy atom. The average Bonchev–Trinajstić information content (AvgIpc) is 2.32. The minimum Gasteiger partial charge on any atom is -0.467 e. The summed E-state index contributed by atoms with van der Waals surface area (Å²) in [5, 5.41) is 0. The summed E-state index contributed by atoms with van der Waals surface area (Å²) < 4.78 is 28.0. The van der Waals surface area contributed by atoms with Crippen molar-refractivity contribution in [2.75, 3.05) is 19.9 Å². The Morgan fingerprint density at radius 1 is 1.43 bits per heavy atom. The van der Waals surface area contributed by atoms with Crippen molar-refractivity contribution in [2.24, 2.45) is 22.4 Å². The van der Waals surface area contributed by atoms with Crippen LogP contribution in [0.15, 0.2) is 4.99 Å². The number of halogens is 1. The van der Waals surface area contributed by atoms with Crippen LogP contribution in [-0.4, -0.2) is 56.5 Å². The lowest BCUT2D eigenvalue weighted by Gasteiger charge is -2.43. The Kier molecular flexibility index (Phi) is 6.91. The molecule has 0 aromatic rings. The molecule has 2 atom stereocenters. The van der Waals surface area contributed by atoms with E-state index in [9.17, 15) is 18.0 Å². The molecule has 1 heterocycles. The second-order valence-corrected chi connectivity index (χ2v) is 6.28. The highest BCUT2D eigenvalue weighted by Gasteiger charge is 2.55. The molecule has 122 valence electrons. The highest BCUT2D eigenvalue weighted by atomic mass is 35.5. The normalized spacial score (nSPS) is 21.0. The van der Waals surface area contributed by atoms with E-state index in [1.54, 1.807) is 0 Å². The van der Waals surface area contributed by atoms with Crippen LogP contribution in [0, 0.1) is 5.92 Å². The smallest absolute Gasteiger partial charge is 0.330 e. The number of nitrogens with zero attached hydrogens (tertiary/aromatic N) is 2. The highest BCUT2D eigenvalue weighted by molar-refractivity contribution is 7.89. The zero-order chi connectivity index (χ0) is 15.5. The molecule has 1 rings (SSSR count). The van der Waals surface area contributed by atoms with Crippen molar-refractivity contribution in [3.8, 4) is 0 Å². The third-order valence-electron chi connectivity index (χ3n) is 2.94. The minimum absolute atomic E-state index is 0. The van der Waals surface area contributed by atoms with Crippen molar-refractivity contribution in [3.05, 3.63) is 0 Å². The van der Waals surface area contributed by atoms with Gasteiger partial charge in [-0.25, -0.2) is 17.5 Å². The van der Waals surface area contributed by atoms with Gasteiger partial charge in [-0.15, -0.1) is 12.4 Å². The second kappa shape index (κ2) is 7.46. The SMILES string of the molecule is COC(=O)[C@H]1[C@H](CCCN=C(N)N)C(=O)N1S(C)(=O)=O.Cl. The molecular weight excluding hydrogens is 324 g/mol. The molecule has 0 aromatic carbocycles. The van der Waals surface area contributed by atoms with Gasteiger partial charge in [0.05, 0.1) is 19.3 Å². The van der Waals surface area contributed by atoms with Crippen LogP contribution in [0.4, 0.5) is 0 Å². The summed E-state index contributed by atoms with van der Waals surface area (Å²) in [5.41, 5.74) is 10.3. The van der Waals surface area contributed by atoms with Crippen molar-refractivity contribution in [1.82, 2.24) is 4.31 Å². The Bertz CT molecular complexity index is 532. The van der Waals surface area contributed by atoms with E-state index in [1.807, 2.05) is 0 Å². The fourth-order valence-corrected chi connectivity index (χ4v) is 3.18. The van der Waals surface area contributed by atoms with Gasteiger partial charge in [0.1, 0.15) is 0 Å². The van der Waals surface area contributed by atoms with Gasteiger partial charge in [-0.1, -0.05) is 0 Å². The van der Waals surface area contributed by atoms with Crippen LogP contribution < -0.4 is 11.5 Å². The third kappa shape index (κ3) is 4.46. The lowest BCUT2D eigenvalue weighted by molar-refractivity contribution is -0.165. The highest BCUT2D eigenvalue weighted by Crippen LogP contribution is 2.33. The molecule has 1 fully saturated rings. The van der Waals surface area contributed by atoms with Crippen LogP contribution in [0.2, 0.25) is 0 Å². The van der Waals surface area contributed by atoms with E-state index in [1.165, 1.54) is 0 Å². The first-order valence-corrected chi connectivity index (χ1v) is 7.71. The lowest BCUT2D eigenvalue weighted by atomic mass is 9.86. The zero-order valence-electron chi connectivity index (χ0n) is 11.7. The predicted octanol–water partition coefficient (Wildman–Crippen LogP) is -1.58. The molecule has 0 unspecified atom stereocenters. The minimum atomic E-state index is -3.78. The summed E-state index contributed by atoms with van der Waals surface area (Å²) in [5.74, 6) is -2.13. The number of hydrogen-bond donors (Lipinski definition) is 2. The molecule has 21 heavy (non-hydrogen) atoms. The second-order valence-electron chi connectivity index (χ2n) is 4.42. The Hall–Kier alpha value is -1.55. The lowest BCUT2D eigenvalue weighted by Crippen LogP contribution is -2.66. The molecule has 1 amide bonds. The first kappa shape index (κ1) is 19.4. The molecule has 9 nitrogen and oxygen atoms in total. The molecule has 0 spiro atoms. The molecule has 0 aromatic heterocycles. The number of hydrogen-bond acceptors (Lipinski definition) is 6. The average molecular weight is 343 g/mol. The van der Waals surface area contributed by atoms with Crippen LogP contribution in [-0.2, 0) is 24.3 Å². The van der Waals surface area contributed by atoms with Gasteiger partial charge >= 0.3 is 5.97 Å². The summed E-state index contributed by atoms with van der Waals surface area (Å²) >= 11 is 0. The predicted molar refractivity (Wildman–Crippen MR) is 78.1 cm³/mol. The molecular formula is C10H19ClN4O5S. The van der Waals surface area contributed by atoms with E-state index >= 15 is 0 Å². The van der Waals surface area contributed by atoms with Crippen molar-refractivity contribution < 1.29 is 22.7 Å². The number of β-lactam (4-membered cyclic amide) rings is 1. The Labute approximate surface area is 129 Å². The van der Waals surface area contributed by atoms with Gasteiger partial charge in [-0.2, -0.15) is 0 Å². The largest absolute Gasteiger partial charge is 0.467 e. The maximum Gasteiger partial charge on any atom is 0.330 e. The van der Waals surface area contributed by atoms with E-state index in [2.05, 4.69) is 9.73 Å². The summed E-state index contributed by atoms with van der Waals surface area (Å²) in [4.78, 5) is 27.2. The van der Waals surface area contributed by atoms with Gasteiger partial charge in [0.2, 0.25) is 15.9 Å². The van der Waals surface area contributed by atoms with Crippen LogP contribution >= 0.6 is 12.4 Å². The molecule has 0 bridgehead atoms. The fourth-order valence-electron chi connectivity index (χ4n) is 2.07. The van der Waals surface area contributed by atoms with Crippen LogP contribution in [0.25, 0.3) is 0 Å². The van der Waals surface area contributed by atoms with E-state index in [0.717, 1.165) is 13.4 Å². The van der Waals surface area contributed by atoms with Crippen LogP contribution in [0.3, 0.4) is 0 Å². The molecule has 1 saturated heterocycles. The summed E-state index contributed by atoms with van der Waals surface area (Å²) in [6, 6.07) is -1.10. The summed E-state index contributed by atoms with van der Waals surface area (Å²) in [6.07, 6.45) is 1.64. The molecule has 0 radical (unpaired) electrons. The van der Waals surface area contributed by atoms with Crippen molar-refractivity contribution in [3.63, 3.8) is 0 Å². The topological polar surface area (TPSA) is 145 Å². The number of amides is 1. The van der Waals surface area contributed by atoms with Crippen LogP contribution in [0.1, 0.15) is 12.8 Å². The number of methoxy groups -OCH3 is 1. The van der Waals surface area contributed by atoms with E-state index in [0.29, 0.717) is 23.7 Å². The van der Waals surface area contributed by atoms with E-state index in [4.69, 9.17) is 11.5 Å². The molecule has 1 aliphatic rings. The van der Waals surface area contributed by atoms with Crippen molar-refractivity contribution >= 4 is 40.3 Å². The standard InChI is InChI=1S/C10H18N4O5S.ClH/c1-19-9(16)7-6(4-3-5-13-10(11)12)8(15)14(7)20(2,17)18;/h6-7H,3-5H2,1-2H3,(H4,11,12,13);1H/t6-,7+;/m0./s1. The molecule has 1 aliphatic heterocycles. The number of ether oxygens (including phenoxy) is 1. The number of aliphatic imine (C=N–C) groups is 1. The molecule has 0 aliphatic carbocycles. The Morgan fingerprint density at radius 3 is 2.43 bits per heavy atom. The third-order valence-corrected chi connectivity index (χ3v) is 4.06. The van der Waals surface area contributed by atoms with E-state index in [-0.39, 0.29) is 18.4 Å². The van der Waals surface area contributed by atoms with Gasteiger partial charge in [-0.3, -0.25) is 9.79 Å². The number of sulfonamides is 1. The van der Waals surface area contributed by atoms with Gasteiger partial charge in [0, 0.05) is 6.54 Å². The first-order chi connectivity index (χ1) is 9.20. The van der Waals surface area contributed by atoms with Gasteiger partial charge < -0.3 is 16.2 Å². The van der Waals surface area contributed by atoms with E-state index < -0.39 is 33.9 Å². The number of carbonyl (C=O) groups is 2. The van der Waals surface area contributed by atoms with Gasteiger partial charge in [-0.05, 0) is 12.8 Å². The van der Waals surface area contributed by atoms with Crippen molar-refractivity contribution in [1.29, 1.82) is 0 Å². The summed E-state index contributed by atoms with van der Waals surface area (Å²) in [7, 11) is -2.64. The van der Waals surface area contributed by atoms with Crippen molar-refractivity contribution in [2.45, 2.75) is 18.9 Å². The first-order valence-electron chi connectivity index (χ1n) is 5.86. The number of guanidine groups is 1. The number of nitrogens with two attached hydrogens (primary N) is 2. The Balaban J connectivity index is 0.00000400. The number of carbonyl (C=O) groups excluding carboxylic acids is 2. The van der Waals surface area contributed by atoms with Gasteiger partial charge in [0.25, 0.3) is 0 Å². The van der Waals surface area contributed by atoms with Crippen LogP contribution in [0.5, 0.6) is 0 Å². The maximum atomic E-state index is 11.8. The maximum absolute atomic E-state index is 11.8. The quantitative estimate of drug-likeness (QED) is 0.195.